The fourth-order valence-corrected chi connectivity index (χ4v) is 5.47. The number of aromatic nitrogens is 2. The van der Waals surface area contributed by atoms with Crippen LogP contribution in [0.1, 0.15) is 21.6 Å². The zero-order valence-electron chi connectivity index (χ0n) is 21.4. The lowest BCUT2D eigenvalue weighted by molar-refractivity contribution is 0.0303. The number of carbonyl (C=O) groups excluding carboxylic acids is 1. The molecule has 0 spiro atoms. The number of morpholine rings is 1. The minimum absolute atomic E-state index is 0.0676. The predicted molar refractivity (Wildman–Crippen MR) is 147 cm³/mol. The number of carbonyl (C=O) groups is 1. The number of hydrogen-bond acceptors (Lipinski definition) is 8. The van der Waals surface area contributed by atoms with Gasteiger partial charge in [-0.25, -0.2) is 9.97 Å². The van der Waals surface area contributed by atoms with Gasteiger partial charge in [-0.3, -0.25) is 4.79 Å². The Morgan fingerprint density at radius 3 is 2.41 bits per heavy atom. The molecule has 2 aliphatic rings. The highest BCUT2D eigenvalue weighted by Gasteiger charge is 2.21. The zero-order chi connectivity index (χ0) is 25.6. The molecule has 0 radical (unpaired) electrons. The summed E-state index contributed by atoms with van der Waals surface area (Å²) >= 11 is 1.61. The maximum Gasteiger partial charge on any atom is 0.254 e. The maximum atomic E-state index is 12.9. The van der Waals surface area contributed by atoms with Crippen molar-refractivity contribution < 1.29 is 14.3 Å². The van der Waals surface area contributed by atoms with E-state index in [-0.39, 0.29) is 5.91 Å². The average molecular weight is 520 g/mol. The van der Waals surface area contributed by atoms with E-state index in [0.29, 0.717) is 32.1 Å². The minimum atomic E-state index is 0.0676. The zero-order valence-corrected chi connectivity index (χ0v) is 22.2. The summed E-state index contributed by atoms with van der Waals surface area (Å²) in [5.74, 6) is 2.62. The Morgan fingerprint density at radius 1 is 0.946 bits per heavy atom. The molecule has 194 valence electrons. The first-order chi connectivity index (χ1) is 18.1. The molecule has 2 aromatic carbocycles. The van der Waals surface area contributed by atoms with Crippen LogP contribution in [0.25, 0.3) is 0 Å². The first-order valence-electron chi connectivity index (χ1n) is 12.7. The fourth-order valence-electron chi connectivity index (χ4n) is 4.63. The summed E-state index contributed by atoms with van der Waals surface area (Å²) in [6.45, 7) is 8.18. The van der Waals surface area contributed by atoms with Crippen LogP contribution in [-0.2, 0) is 10.5 Å². The van der Waals surface area contributed by atoms with Gasteiger partial charge in [0.15, 0.2) is 5.16 Å². The number of benzene rings is 2. The van der Waals surface area contributed by atoms with E-state index >= 15 is 0 Å². The van der Waals surface area contributed by atoms with Gasteiger partial charge in [-0.15, -0.1) is 0 Å². The Bertz CT molecular complexity index is 1210. The van der Waals surface area contributed by atoms with Gasteiger partial charge in [-0.2, -0.15) is 0 Å². The standard InChI is InChI=1S/C28H33N5O3S/c1-21-18-26(32-12-10-31(11-13-32)24-6-8-25(35-2)9-7-24)30-28(29-21)37-20-22-4-3-5-23(19-22)27(34)33-14-16-36-17-15-33/h3-9,18-19H,10-17,20H2,1-2H3. The second-order valence-corrected chi connectivity index (χ2v) is 10.2. The molecule has 5 rings (SSSR count). The smallest absolute Gasteiger partial charge is 0.254 e. The molecule has 2 fully saturated rings. The molecular weight excluding hydrogens is 486 g/mol. The van der Waals surface area contributed by atoms with Gasteiger partial charge in [0, 0.05) is 68.0 Å². The molecule has 0 atom stereocenters. The number of piperazine rings is 1. The second-order valence-electron chi connectivity index (χ2n) is 9.22. The molecule has 9 heteroatoms. The summed E-state index contributed by atoms with van der Waals surface area (Å²) < 4.78 is 10.7. The molecule has 0 saturated carbocycles. The molecule has 3 heterocycles. The number of hydrogen-bond donors (Lipinski definition) is 0. The van der Waals surface area contributed by atoms with E-state index in [1.165, 1.54) is 5.69 Å². The molecule has 0 bridgehead atoms. The molecule has 0 aliphatic carbocycles. The SMILES string of the molecule is COc1ccc(N2CCN(c3cc(C)nc(SCc4cccc(C(=O)N5CCOCC5)c4)n3)CC2)cc1. The third kappa shape index (κ3) is 6.34. The molecule has 0 unspecified atom stereocenters. The van der Waals surface area contributed by atoms with E-state index in [1.54, 1.807) is 18.9 Å². The third-order valence-corrected chi connectivity index (χ3v) is 7.62. The van der Waals surface area contributed by atoms with E-state index in [2.05, 4.69) is 39.0 Å². The predicted octanol–water partition coefficient (Wildman–Crippen LogP) is 3.88. The molecule has 8 nitrogen and oxygen atoms in total. The van der Waals surface area contributed by atoms with E-state index in [1.807, 2.05) is 42.2 Å². The highest BCUT2D eigenvalue weighted by atomic mass is 32.2. The lowest BCUT2D eigenvalue weighted by Gasteiger charge is -2.36. The van der Waals surface area contributed by atoms with Crippen molar-refractivity contribution in [3.8, 4) is 5.75 Å². The Kier molecular flexibility index (Phi) is 8.11. The number of nitrogens with zero attached hydrogens (tertiary/aromatic N) is 5. The topological polar surface area (TPSA) is 71.0 Å². The van der Waals surface area contributed by atoms with Crippen LogP contribution in [0.15, 0.2) is 59.8 Å². The first kappa shape index (κ1) is 25.4. The number of rotatable bonds is 7. The van der Waals surface area contributed by atoms with Gasteiger partial charge in [0.1, 0.15) is 11.6 Å². The molecule has 2 aliphatic heterocycles. The van der Waals surface area contributed by atoms with Crippen LogP contribution in [0.5, 0.6) is 5.75 Å². The number of ether oxygens (including phenoxy) is 2. The van der Waals surface area contributed by atoms with Gasteiger partial charge in [0.25, 0.3) is 5.91 Å². The van der Waals surface area contributed by atoms with Crippen LogP contribution in [0.2, 0.25) is 0 Å². The normalized spacial score (nSPS) is 16.1. The molecular formula is C28H33N5O3S. The van der Waals surface area contributed by atoms with Crippen LogP contribution in [0.3, 0.4) is 0 Å². The van der Waals surface area contributed by atoms with Gasteiger partial charge in [0.05, 0.1) is 20.3 Å². The summed E-state index contributed by atoms with van der Waals surface area (Å²) in [7, 11) is 1.69. The van der Waals surface area contributed by atoms with Crippen LogP contribution in [0.4, 0.5) is 11.5 Å². The number of aryl methyl sites for hydroxylation is 1. The number of methoxy groups -OCH3 is 1. The summed E-state index contributed by atoms with van der Waals surface area (Å²) in [5.41, 5.74) is 3.98. The largest absolute Gasteiger partial charge is 0.497 e. The van der Waals surface area contributed by atoms with E-state index in [4.69, 9.17) is 14.5 Å². The number of anilines is 2. The molecule has 2 saturated heterocycles. The van der Waals surface area contributed by atoms with Crippen LogP contribution in [0, 0.1) is 6.92 Å². The quantitative estimate of drug-likeness (QED) is 0.344. The van der Waals surface area contributed by atoms with Crippen LogP contribution >= 0.6 is 11.8 Å². The van der Waals surface area contributed by atoms with Crippen molar-refractivity contribution >= 4 is 29.2 Å². The molecule has 3 aromatic rings. The monoisotopic (exact) mass is 519 g/mol. The number of thioether (sulfide) groups is 1. The van der Waals surface area contributed by atoms with E-state index < -0.39 is 0 Å². The van der Waals surface area contributed by atoms with Crippen LogP contribution < -0.4 is 14.5 Å². The average Bonchev–Trinajstić information content (AvgIpc) is 2.96. The Morgan fingerprint density at radius 2 is 1.68 bits per heavy atom. The summed E-state index contributed by atoms with van der Waals surface area (Å²) in [4.78, 5) is 29.0. The first-order valence-corrected chi connectivity index (χ1v) is 13.7. The van der Waals surface area contributed by atoms with Crippen molar-refractivity contribution in [2.45, 2.75) is 17.8 Å². The second kappa shape index (κ2) is 11.8. The van der Waals surface area contributed by atoms with Gasteiger partial charge >= 0.3 is 0 Å². The fraction of sp³-hybridized carbons (Fsp3) is 0.393. The number of amides is 1. The van der Waals surface area contributed by atoms with E-state index in [0.717, 1.165) is 59.7 Å². The molecule has 1 aromatic heterocycles. The van der Waals surface area contributed by atoms with Crippen molar-refractivity contribution in [3.63, 3.8) is 0 Å². The van der Waals surface area contributed by atoms with Crippen molar-refractivity contribution in [2.24, 2.45) is 0 Å². The highest BCUT2D eigenvalue weighted by molar-refractivity contribution is 7.98. The third-order valence-electron chi connectivity index (χ3n) is 6.70. The van der Waals surface area contributed by atoms with Gasteiger partial charge in [-0.05, 0) is 48.9 Å². The van der Waals surface area contributed by atoms with Gasteiger partial charge in [0.2, 0.25) is 0 Å². The summed E-state index contributed by atoms with van der Waals surface area (Å²) in [6, 6.07) is 18.2. The summed E-state index contributed by atoms with van der Waals surface area (Å²) in [6.07, 6.45) is 0. The van der Waals surface area contributed by atoms with Gasteiger partial charge < -0.3 is 24.2 Å². The van der Waals surface area contributed by atoms with Crippen molar-refractivity contribution in [3.05, 3.63) is 71.4 Å². The molecule has 0 N–H and O–H groups in total. The van der Waals surface area contributed by atoms with Crippen molar-refractivity contribution in [1.29, 1.82) is 0 Å². The summed E-state index contributed by atoms with van der Waals surface area (Å²) in [5, 5.41) is 0.762. The minimum Gasteiger partial charge on any atom is -0.497 e. The molecule has 1 amide bonds. The van der Waals surface area contributed by atoms with Crippen LogP contribution in [-0.4, -0.2) is 80.4 Å². The Hall–Kier alpha value is -3.30. The van der Waals surface area contributed by atoms with Gasteiger partial charge in [-0.1, -0.05) is 23.9 Å². The Labute approximate surface area is 222 Å². The van der Waals surface area contributed by atoms with E-state index in [9.17, 15) is 4.79 Å². The highest BCUT2D eigenvalue weighted by Crippen LogP contribution is 2.26. The maximum absolute atomic E-state index is 12.9. The van der Waals surface area contributed by atoms with Crippen molar-refractivity contribution in [1.82, 2.24) is 14.9 Å². The Balaban J connectivity index is 1.20. The lowest BCUT2D eigenvalue weighted by Crippen LogP contribution is -2.46. The lowest BCUT2D eigenvalue weighted by atomic mass is 10.1. The van der Waals surface area contributed by atoms with Crippen molar-refractivity contribution in [2.75, 3.05) is 69.4 Å². The molecule has 37 heavy (non-hydrogen) atoms.